The van der Waals surface area contributed by atoms with Crippen LogP contribution in [-0.4, -0.2) is 40.5 Å². The van der Waals surface area contributed by atoms with Crippen LogP contribution in [0.3, 0.4) is 0 Å². The van der Waals surface area contributed by atoms with E-state index in [1.807, 2.05) is 0 Å². The van der Waals surface area contributed by atoms with Crippen LogP contribution in [-0.2, 0) is 14.4 Å². The Morgan fingerprint density at radius 1 is 1.21 bits per heavy atom. The highest BCUT2D eigenvalue weighted by molar-refractivity contribution is 6.11. The number of benzene rings is 1. The van der Waals surface area contributed by atoms with Gasteiger partial charge in [0.2, 0.25) is 0 Å². The van der Waals surface area contributed by atoms with Gasteiger partial charge in [0.1, 0.15) is 6.54 Å². The number of carboxylic acids is 2. The Bertz CT molecular complexity index is 497. The van der Waals surface area contributed by atoms with Gasteiger partial charge >= 0.3 is 11.9 Å². The second-order valence-electron chi connectivity index (χ2n) is 3.70. The van der Waals surface area contributed by atoms with Gasteiger partial charge in [0.05, 0.1) is 0 Å². The summed E-state index contributed by atoms with van der Waals surface area (Å²) in [5.41, 5.74) is 0.340. The van der Waals surface area contributed by atoms with Crippen LogP contribution in [0.25, 0.3) is 0 Å². The van der Waals surface area contributed by atoms with Gasteiger partial charge in [-0.05, 0) is 18.2 Å². The molecule has 6 heteroatoms. The van der Waals surface area contributed by atoms with Gasteiger partial charge in [0, 0.05) is 5.69 Å². The Labute approximate surface area is 109 Å². The van der Waals surface area contributed by atoms with Gasteiger partial charge in [-0.15, -0.1) is 0 Å². The topological polar surface area (TPSA) is 94.9 Å². The minimum absolute atomic E-state index is 0.340. The molecule has 0 aliphatic rings. The lowest BCUT2D eigenvalue weighted by molar-refractivity contribution is -0.141. The molecule has 6 nitrogen and oxygen atoms in total. The maximum atomic E-state index is 11.6. The number of anilines is 1. The normalized spacial score (nSPS) is 11.4. The molecular formula is C13H13NO5. The molecule has 1 aromatic rings. The largest absolute Gasteiger partial charge is 0.480 e. The average Bonchev–Trinajstić information content (AvgIpc) is 2.37. The molecule has 0 bridgehead atoms. The highest BCUT2D eigenvalue weighted by Gasteiger charge is 2.32. The third kappa shape index (κ3) is 3.67. The van der Waals surface area contributed by atoms with Crippen molar-refractivity contribution in [3.05, 3.63) is 43.0 Å². The Morgan fingerprint density at radius 2 is 1.79 bits per heavy atom. The zero-order valence-corrected chi connectivity index (χ0v) is 10.0. The first-order valence-corrected chi connectivity index (χ1v) is 5.40. The van der Waals surface area contributed by atoms with Crippen LogP contribution in [0.2, 0.25) is 0 Å². The number of aliphatic carboxylic acids is 2. The molecule has 0 aliphatic carbocycles. The van der Waals surface area contributed by atoms with E-state index in [2.05, 4.69) is 6.58 Å². The molecule has 0 radical (unpaired) electrons. The van der Waals surface area contributed by atoms with Crippen molar-refractivity contribution < 1.29 is 24.6 Å². The summed E-state index contributed by atoms with van der Waals surface area (Å²) in [6, 6.07) is 6.43. The maximum absolute atomic E-state index is 11.6. The van der Waals surface area contributed by atoms with E-state index in [0.717, 1.165) is 11.0 Å². The van der Waals surface area contributed by atoms with Gasteiger partial charge in [0.25, 0.3) is 0 Å². The predicted octanol–water partition coefficient (Wildman–Crippen LogP) is 0.786. The highest BCUT2D eigenvalue weighted by atomic mass is 16.4. The van der Waals surface area contributed by atoms with Gasteiger partial charge in [-0.3, -0.25) is 9.59 Å². The van der Waals surface area contributed by atoms with E-state index in [0.29, 0.717) is 5.69 Å². The summed E-state index contributed by atoms with van der Waals surface area (Å²) in [5.74, 6) is -3.42. The summed E-state index contributed by atoms with van der Waals surface area (Å²) in [7, 11) is 0. The number of hydrogen-bond donors (Lipinski definition) is 2. The van der Waals surface area contributed by atoms with Crippen molar-refractivity contribution in [3.8, 4) is 0 Å². The van der Waals surface area contributed by atoms with E-state index in [4.69, 9.17) is 10.2 Å². The smallest absolute Gasteiger partial charge is 0.334 e. The summed E-state index contributed by atoms with van der Waals surface area (Å²) in [6.45, 7) is 2.64. The number of carbonyl (C=O) groups excluding carboxylic acids is 1. The van der Waals surface area contributed by atoms with Gasteiger partial charge in [0.15, 0.2) is 11.8 Å². The van der Waals surface area contributed by atoms with E-state index >= 15 is 0 Å². The number of para-hydroxylation sites is 1. The van der Waals surface area contributed by atoms with Crippen molar-refractivity contribution in [2.75, 3.05) is 11.4 Å². The molecule has 0 saturated heterocycles. The van der Waals surface area contributed by atoms with E-state index in [1.54, 1.807) is 18.2 Å². The van der Waals surface area contributed by atoms with Crippen LogP contribution in [0, 0.1) is 0 Å². The summed E-state index contributed by atoms with van der Waals surface area (Å²) >= 11 is 0. The Morgan fingerprint density at radius 3 is 2.21 bits per heavy atom. The standard InChI is InChI=1S/C13H13NO5/c1-2-10(15)12(13(18)19)14(8-11(16)17)9-6-4-3-5-7-9/h2-7,12H,1,8H2,(H,16,17)(H,18,19). The zero-order chi connectivity index (χ0) is 14.4. The first kappa shape index (κ1) is 14.4. The SMILES string of the molecule is C=CC(=O)C(C(=O)O)N(CC(=O)O)c1ccccc1. The molecule has 1 aromatic carbocycles. The lowest BCUT2D eigenvalue weighted by atomic mass is 10.1. The first-order valence-electron chi connectivity index (χ1n) is 5.40. The molecule has 2 N–H and O–H groups in total. The zero-order valence-electron chi connectivity index (χ0n) is 10.0. The van der Waals surface area contributed by atoms with Crippen LogP contribution in [0.15, 0.2) is 43.0 Å². The average molecular weight is 263 g/mol. The number of ketones is 1. The Kier molecular flexibility index (Phi) is 4.82. The number of carbonyl (C=O) groups is 3. The summed E-state index contributed by atoms with van der Waals surface area (Å²) in [5, 5.41) is 18.0. The van der Waals surface area contributed by atoms with Crippen LogP contribution >= 0.6 is 0 Å². The van der Waals surface area contributed by atoms with Crippen LogP contribution in [0.4, 0.5) is 5.69 Å². The molecular weight excluding hydrogens is 250 g/mol. The molecule has 1 unspecified atom stereocenters. The number of carboxylic acid groups (broad SMARTS) is 2. The molecule has 0 fully saturated rings. The molecule has 1 rings (SSSR count). The van der Waals surface area contributed by atoms with Crippen molar-refractivity contribution >= 4 is 23.4 Å². The summed E-state index contributed by atoms with van der Waals surface area (Å²) in [4.78, 5) is 34.7. The number of rotatable bonds is 7. The monoisotopic (exact) mass is 263 g/mol. The van der Waals surface area contributed by atoms with Crippen LogP contribution in [0.5, 0.6) is 0 Å². The van der Waals surface area contributed by atoms with E-state index in [-0.39, 0.29) is 0 Å². The van der Waals surface area contributed by atoms with Crippen LogP contribution in [0.1, 0.15) is 0 Å². The molecule has 100 valence electrons. The maximum Gasteiger partial charge on any atom is 0.334 e. The molecule has 0 spiro atoms. The van der Waals surface area contributed by atoms with Crippen molar-refractivity contribution in [3.63, 3.8) is 0 Å². The predicted molar refractivity (Wildman–Crippen MR) is 68.1 cm³/mol. The van der Waals surface area contributed by atoms with Crippen molar-refractivity contribution in [1.29, 1.82) is 0 Å². The molecule has 0 heterocycles. The quantitative estimate of drug-likeness (QED) is 0.557. The fraction of sp³-hybridized carbons (Fsp3) is 0.154. The number of hydrogen-bond acceptors (Lipinski definition) is 4. The van der Waals surface area contributed by atoms with Gasteiger partial charge < -0.3 is 15.1 Å². The molecule has 0 aliphatic heterocycles. The molecule has 0 saturated carbocycles. The third-order valence-corrected chi connectivity index (χ3v) is 2.41. The van der Waals surface area contributed by atoms with E-state index in [9.17, 15) is 14.4 Å². The lowest BCUT2D eigenvalue weighted by Gasteiger charge is -2.27. The van der Waals surface area contributed by atoms with Crippen molar-refractivity contribution in [1.82, 2.24) is 0 Å². The number of nitrogens with zero attached hydrogens (tertiary/aromatic N) is 1. The van der Waals surface area contributed by atoms with Gasteiger partial charge in [-0.1, -0.05) is 24.8 Å². The van der Waals surface area contributed by atoms with E-state index in [1.165, 1.54) is 12.1 Å². The summed E-state index contributed by atoms with van der Waals surface area (Å²) < 4.78 is 0. The lowest BCUT2D eigenvalue weighted by Crippen LogP contribution is -2.48. The molecule has 0 amide bonds. The molecule has 1 atom stereocenters. The fourth-order valence-corrected chi connectivity index (χ4v) is 1.62. The third-order valence-electron chi connectivity index (χ3n) is 2.41. The summed E-state index contributed by atoms with van der Waals surface area (Å²) in [6.07, 6.45) is 0.872. The van der Waals surface area contributed by atoms with E-state index < -0.39 is 30.3 Å². The Balaban J connectivity index is 3.21. The van der Waals surface area contributed by atoms with Crippen molar-refractivity contribution in [2.24, 2.45) is 0 Å². The highest BCUT2D eigenvalue weighted by Crippen LogP contribution is 2.17. The van der Waals surface area contributed by atoms with Gasteiger partial charge in [-0.2, -0.15) is 0 Å². The minimum Gasteiger partial charge on any atom is -0.480 e. The minimum atomic E-state index is -1.60. The first-order chi connectivity index (χ1) is 8.97. The molecule has 19 heavy (non-hydrogen) atoms. The Hall–Kier alpha value is -2.63. The van der Waals surface area contributed by atoms with Crippen molar-refractivity contribution in [2.45, 2.75) is 6.04 Å². The fourth-order valence-electron chi connectivity index (χ4n) is 1.62. The second-order valence-corrected chi connectivity index (χ2v) is 3.70. The van der Waals surface area contributed by atoms with Crippen LogP contribution < -0.4 is 4.90 Å². The second kappa shape index (κ2) is 6.34. The van der Waals surface area contributed by atoms with Gasteiger partial charge in [-0.25, -0.2) is 4.79 Å². The molecule has 0 aromatic heterocycles.